The Hall–Kier alpha value is -0.0800. The van der Waals surface area contributed by atoms with Crippen LogP contribution in [0.25, 0.3) is 0 Å². The van der Waals surface area contributed by atoms with Crippen molar-refractivity contribution in [2.24, 2.45) is 23.7 Å². The Morgan fingerprint density at radius 1 is 1.11 bits per heavy atom. The molecule has 2 nitrogen and oxygen atoms in total. The first-order valence-electron chi connectivity index (χ1n) is 8.02. The molecule has 1 saturated carbocycles. The molecule has 4 unspecified atom stereocenters. The Balaban J connectivity index is 1.72. The third-order valence-electron chi connectivity index (χ3n) is 5.17. The van der Waals surface area contributed by atoms with Gasteiger partial charge in [0.2, 0.25) is 0 Å². The molecule has 0 aromatic carbocycles. The minimum atomic E-state index is 0.777. The first-order valence-corrected chi connectivity index (χ1v) is 8.02. The first-order chi connectivity index (χ1) is 8.58. The van der Waals surface area contributed by atoms with Gasteiger partial charge in [-0.1, -0.05) is 27.7 Å². The molecule has 2 aliphatic rings. The predicted molar refractivity (Wildman–Crippen MR) is 78.7 cm³/mol. The van der Waals surface area contributed by atoms with E-state index in [2.05, 4.69) is 37.9 Å². The summed E-state index contributed by atoms with van der Waals surface area (Å²) >= 11 is 0. The Labute approximate surface area is 114 Å². The van der Waals surface area contributed by atoms with Crippen LogP contribution >= 0.6 is 0 Å². The zero-order valence-corrected chi connectivity index (χ0v) is 12.8. The SMILES string of the molecule is CC(C)CNCC1CCC1N1CCC(C)C(C)C1. The van der Waals surface area contributed by atoms with Crippen molar-refractivity contribution < 1.29 is 0 Å². The summed E-state index contributed by atoms with van der Waals surface area (Å²) in [6, 6.07) is 0.889. The molecule has 106 valence electrons. The summed E-state index contributed by atoms with van der Waals surface area (Å²) in [5, 5.41) is 3.65. The van der Waals surface area contributed by atoms with Crippen molar-refractivity contribution in [2.75, 3.05) is 26.2 Å². The van der Waals surface area contributed by atoms with E-state index in [4.69, 9.17) is 0 Å². The molecule has 0 radical (unpaired) electrons. The molecule has 0 amide bonds. The molecule has 2 fully saturated rings. The van der Waals surface area contributed by atoms with Crippen LogP contribution in [0.4, 0.5) is 0 Å². The summed E-state index contributed by atoms with van der Waals surface area (Å²) in [5.74, 6) is 3.52. The van der Waals surface area contributed by atoms with Crippen molar-refractivity contribution >= 4 is 0 Å². The average Bonchev–Trinajstić information content (AvgIpc) is 2.27. The maximum Gasteiger partial charge on any atom is 0.0136 e. The Kier molecular flexibility index (Phi) is 5.08. The number of likely N-dealkylation sites (tertiary alicyclic amines) is 1. The molecule has 4 atom stereocenters. The van der Waals surface area contributed by atoms with Crippen molar-refractivity contribution in [3.8, 4) is 0 Å². The molecule has 2 rings (SSSR count). The second-order valence-electron chi connectivity index (χ2n) is 7.20. The maximum atomic E-state index is 3.65. The summed E-state index contributed by atoms with van der Waals surface area (Å²) in [5.41, 5.74) is 0. The standard InChI is InChI=1S/C16H32N2/c1-12(2)9-17-10-15-5-6-16(15)18-8-7-13(3)14(4)11-18/h12-17H,5-11H2,1-4H3. The van der Waals surface area contributed by atoms with Crippen molar-refractivity contribution in [1.29, 1.82) is 0 Å². The summed E-state index contributed by atoms with van der Waals surface area (Å²) in [6.45, 7) is 14.5. The molecule has 1 heterocycles. The van der Waals surface area contributed by atoms with Gasteiger partial charge in [-0.15, -0.1) is 0 Å². The molecule has 0 aromatic rings. The van der Waals surface area contributed by atoms with E-state index in [9.17, 15) is 0 Å². The van der Waals surface area contributed by atoms with Gasteiger partial charge in [-0.25, -0.2) is 0 Å². The smallest absolute Gasteiger partial charge is 0.0136 e. The lowest BCUT2D eigenvalue weighted by molar-refractivity contribution is 0.0159. The highest BCUT2D eigenvalue weighted by atomic mass is 15.2. The number of piperidine rings is 1. The molecular formula is C16H32N2. The van der Waals surface area contributed by atoms with Gasteiger partial charge in [0.15, 0.2) is 0 Å². The fraction of sp³-hybridized carbons (Fsp3) is 1.00. The van der Waals surface area contributed by atoms with Crippen LogP contribution in [0.5, 0.6) is 0 Å². The van der Waals surface area contributed by atoms with E-state index in [0.29, 0.717) is 0 Å². The van der Waals surface area contributed by atoms with Gasteiger partial charge in [0, 0.05) is 12.6 Å². The van der Waals surface area contributed by atoms with E-state index >= 15 is 0 Å². The topological polar surface area (TPSA) is 15.3 Å². The minimum Gasteiger partial charge on any atom is -0.316 e. The molecule has 1 aliphatic carbocycles. The van der Waals surface area contributed by atoms with Gasteiger partial charge in [-0.2, -0.15) is 0 Å². The molecule has 18 heavy (non-hydrogen) atoms. The van der Waals surface area contributed by atoms with E-state index < -0.39 is 0 Å². The van der Waals surface area contributed by atoms with E-state index in [1.54, 1.807) is 0 Å². The predicted octanol–water partition coefficient (Wildman–Crippen LogP) is 2.99. The maximum absolute atomic E-state index is 3.65. The summed E-state index contributed by atoms with van der Waals surface area (Å²) in [7, 11) is 0. The fourth-order valence-corrected chi connectivity index (χ4v) is 3.42. The lowest BCUT2D eigenvalue weighted by Crippen LogP contribution is -2.54. The van der Waals surface area contributed by atoms with Crippen molar-refractivity contribution in [3.63, 3.8) is 0 Å². The Morgan fingerprint density at radius 2 is 1.89 bits per heavy atom. The normalized spacial score (nSPS) is 37.8. The highest BCUT2D eigenvalue weighted by Gasteiger charge is 2.37. The highest BCUT2D eigenvalue weighted by Crippen LogP contribution is 2.35. The van der Waals surface area contributed by atoms with Crippen molar-refractivity contribution in [1.82, 2.24) is 10.2 Å². The second kappa shape index (κ2) is 6.38. The number of rotatable bonds is 5. The molecule has 0 aromatic heterocycles. The molecule has 1 aliphatic heterocycles. The molecular weight excluding hydrogens is 220 g/mol. The van der Waals surface area contributed by atoms with Gasteiger partial charge < -0.3 is 5.32 Å². The third-order valence-corrected chi connectivity index (χ3v) is 5.17. The highest BCUT2D eigenvalue weighted by molar-refractivity contribution is 4.92. The van der Waals surface area contributed by atoms with Crippen LogP contribution in [0.3, 0.4) is 0 Å². The monoisotopic (exact) mass is 252 g/mol. The summed E-state index contributed by atoms with van der Waals surface area (Å²) in [4.78, 5) is 2.79. The molecule has 2 heteroatoms. The van der Waals surface area contributed by atoms with Crippen LogP contribution in [0.15, 0.2) is 0 Å². The second-order valence-corrected chi connectivity index (χ2v) is 7.20. The largest absolute Gasteiger partial charge is 0.316 e. The number of hydrogen-bond donors (Lipinski definition) is 1. The van der Waals surface area contributed by atoms with E-state index in [0.717, 1.165) is 29.7 Å². The number of nitrogens with one attached hydrogen (secondary N) is 1. The van der Waals surface area contributed by atoms with E-state index in [-0.39, 0.29) is 0 Å². The van der Waals surface area contributed by atoms with Gasteiger partial charge in [0.05, 0.1) is 0 Å². The van der Waals surface area contributed by atoms with Crippen LogP contribution in [-0.4, -0.2) is 37.1 Å². The third kappa shape index (κ3) is 3.48. The van der Waals surface area contributed by atoms with Gasteiger partial charge in [0.25, 0.3) is 0 Å². The average molecular weight is 252 g/mol. The van der Waals surface area contributed by atoms with E-state index in [1.807, 2.05) is 0 Å². The molecule has 1 saturated heterocycles. The molecule has 0 spiro atoms. The van der Waals surface area contributed by atoms with Crippen molar-refractivity contribution in [3.05, 3.63) is 0 Å². The number of nitrogens with zero attached hydrogens (tertiary/aromatic N) is 1. The zero-order valence-electron chi connectivity index (χ0n) is 12.8. The zero-order chi connectivity index (χ0) is 13.1. The first kappa shape index (κ1) is 14.3. The van der Waals surface area contributed by atoms with Crippen LogP contribution in [0.2, 0.25) is 0 Å². The molecule has 0 bridgehead atoms. The lowest BCUT2D eigenvalue weighted by Gasteiger charge is -2.48. The van der Waals surface area contributed by atoms with Crippen LogP contribution < -0.4 is 5.32 Å². The lowest BCUT2D eigenvalue weighted by atomic mass is 9.76. The number of hydrogen-bond acceptors (Lipinski definition) is 2. The van der Waals surface area contributed by atoms with Crippen LogP contribution in [-0.2, 0) is 0 Å². The minimum absolute atomic E-state index is 0.777. The van der Waals surface area contributed by atoms with Gasteiger partial charge >= 0.3 is 0 Å². The quantitative estimate of drug-likeness (QED) is 0.809. The summed E-state index contributed by atoms with van der Waals surface area (Å²) < 4.78 is 0. The van der Waals surface area contributed by atoms with Gasteiger partial charge in [-0.3, -0.25) is 4.90 Å². The van der Waals surface area contributed by atoms with Crippen molar-refractivity contribution in [2.45, 2.75) is 53.0 Å². The van der Waals surface area contributed by atoms with E-state index in [1.165, 1.54) is 45.4 Å². The van der Waals surface area contributed by atoms with Crippen LogP contribution in [0.1, 0.15) is 47.0 Å². The fourth-order valence-electron chi connectivity index (χ4n) is 3.42. The Bertz CT molecular complexity index is 251. The Morgan fingerprint density at radius 3 is 2.44 bits per heavy atom. The van der Waals surface area contributed by atoms with Crippen LogP contribution in [0, 0.1) is 23.7 Å². The molecule has 1 N–H and O–H groups in total. The van der Waals surface area contributed by atoms with Gasteiger partial charge in [-0.05, 0) is 62.6 Å². The van der Waals surface area contributed by atoms with Gasteiger partial charge in [0.1, 0.15) is 0 Å². The summed E-state index contributed by atoms with van der Waals surface area (Å²) in [6.07, 6.45) is 4.29.